The van der Waals surface area contributed by atoms with Crippen LogP contribution in [0.3, 0.4) is 0 Å². The van der Waals surface area contributed by atoms with Crippen LogP contribution in [-0.2, 0) is 0 Å². The average molecular weight is 260 g/mol. The Labute approximate surface area is 108 Å². The van der Waals surface area contributed by atoms with Gasteiger partial charge in [-0.05, 0) is 17.7 Å². The van der Waals surface area contributed by atoms with Crippen LogP contribution in [0.5, 0.6) is 17.2 Å². The second-order valence-corrected chi connectivity index (χ2v) is 3.81. The van der Waals surface area contributed by atoms with E-state index in [0.717, 1.165) is 24.6 Å². The predicted octanol–water partition coefficient (Wildman–Crippen LogP) is 1.82. The molecule has 1 aromatic carbocycles. The minimum Gasteiger partial charge on any atom is -0.493 e. The van der Waals surface area contributed by atoms with Gasteiger partial charge in [-0.1, -0.05) is 0 Å². The Morgan fingerprint density at radius 3 is 1.82 bits per heavy atom. The summed E-state index contributed by atoms with van der Waals surface area (Å²) in [6, 6.07) is 4.04. The van der Waals surface area contributed by atoms with Crippen molar-refractivity contribution in [3.8, 4) is 17.2 Å². The first-order valence-electron chi connectivity index (χ1n) is 5.30. The van der Waals surface area contributed by atoms with Crippen LogP contribution < -0.4 is 19.5 Å². The fourth-order valence-electron chi connectivity index (χ4n) is 1.86. The largest absolute Gasteiger partial charge is 0.493 e. The number of hydrogen-bond donors (Lipinski definition) is 1. The second-order valence-electron chi connectivity index (χ2n) is 3.81. The molecule has 0 aliphatic carbocycles. The van der Waals surface area contributed by atoms with Crippen LogP contribution in [0.15, 0.2) is 12.1 Å². The molecule has 0 unspecified atom stereocenters. The van der Waals surface area contributed by atoms with E-state index < -0.39 is 0 Å². The Morgan fingerprint density at radius 2 is 1.53 bits per heavy atom. The molecule has 1 saturated heterocycles. The van der Waals surface area contributed by atoms with Crippen molar-refractivity contribution < 1.29 is 14.2 Å². The van der Waals surface area contributed by atoms with Gasteiger partial charge in [0.25, 0.3) is 0 Å². The van der Waals surface area contributed by atoms with E-state index in [1.165, 1.54) is 5.56 Å². The van der Waals surface area contributed by atoms with Gasteiger partial charge >= 0.3 is 0 Å². The molecule has 4 nitrogen and oxygen atoms in total. The molecule has 1 heterocycles. The first kappa shape index (κ1) is 13.9. The number of methoxy groups -OCH3 is 3. The molecule has 0 atom stereocenters. The van der Waals surface area contributed by atoms with E-state index in [-0.39, 0.29) is 12.4 Å². The fraction of sp³-hybridized carbons (Fsp3) is 0.500. The SMILES string of the molecule is COc1cc(C2CNC2)cc(OC)c1OC.Cl. The van der Waals surface area contributed by atoms with Crippen molar-refractivity contribution in [2.24, 2.45) is 0 Å². The molecule has 2 rings (SSSR count). The van der Waals surface area contributed by atoms with Gasteiger partial charge in [-0.2, -0.15) is 0 Å². The van der Waals surface area contributed by atoms with Crippen LogP contribution in [-0.4, -0.2) is 34.4 Å². The lowest BCUT2D eigenvalue weighted by Crippen LogP contribution is -2.39. The van der Waals surface area contributed by atoms with Gasteiger partial charge in [-0.3, -0.25) is 0 Å². The van der Waals surface area contributed by atoms with Crippen molar-refractivity contribution in [3.63, 3.8) is 0 Å². The molecule has 0 radical (unpaired) electrons. The Kier molecular flexibility index (Phi) is 4.90. The van der Waals surface area contributed by atoms with Crippen molar-refractivity contribution in [3.05, 3.63) is 17.7 Å². The lowest BCUT2D eigenvalue weighted by Gasteiger charge is -2.28. The molecule has 1 N–H and O–H groups in total. The average Bonchev–Trinajstić information content (AvgIpc) is 2.25. The predicted molar refractivity (Wildman–Crippen MR) is 69.0 cm³/mol. The number of hydrogen-bond acceptors (Lipinski definition) is 4. The third-order valence-electron chi connectivity index (χ3n) is 2.94. The molecule has 5 heteroatoms. The van der Waals surface area contributed by atoms with Crippen LogP contribution >= 0.6 is 12.4 Å². The van der Waals surface area contributed by atoms with Gasteiger partial charge < -0.3 is 19.5 Å². The zero-order chi connectivity index (χ0) is 11.5. The van der Waals surface area contributed by atoms with E-state index in [2.05, 4.69) is 5.32 Å². The molecule has 1 aromatic rings. The van der Waals surface area contributed by atoms with Gasteiger partial charge in [0.2, 0.25) is 5.75 Å². The summed E-state index contributed by atoms with van der Waals surface area (Å²) in [7, 11) is 4.89. The highest BCUT2D eigenvalue weighted by Crippen LogP contribution is 2.40. The van der Waals surface area contributed by atoms with Crippen molar-refractivity contribution in [1.82, 2.24) is 5.32 Å². The van der Waals surface area contributed by atoms with Gasteiger partial charge in [0.1, 0.15) is 0 Å². The summed E-state index contributed by atoms with van der Waals surface area (Å²) in [6.45, 7) is 2.03. The van der Waals surface area contributed by atoms with E-state index in [1.54, 1.807) is 21.3 Å². The van der Waals surface area contributed by atoms with E-state index >= 15 is 0 Å². The molecule has 0 bridgehead atoms. The summed E-state index contributed by atoms with van der Waals surface area (Å²) in [5.74, 6) is 2.65. The minimum absolute atomic E-state index is 0. The molecule has 96 valence electrons. The summed E-state index contributed by atoms with van der Waals surface area (Å²) in [4.78, 5) is 0. The molecule has 0 amide bonds. The monoisotopic (exact) mass is 259 g/mol. The Morgan fingerprint density at radius 1 is 1.00 bits per heavy atom. The van der Waals surface area contributed by atoms with Crippen LogP contribution in [0, 0.1) is 0 Å². The highest BCUT2D eigenvalue weighted by Gasteiger charge is 2.22. The van der Waals surface area contributed by atoms with Crippen molar-refractivity contribution in [2.75, 3.05) is 34.4 Å². The first-order valence-corrected chi connectivity index (χ1v) is 5.30. The maximum absolute atomic E-state index is 5.31. The molecular weight excluding hydrogens is 242 g/mol. The Bertz CT molecular complexity index is 355. The first-order chi connectivity index (χ1) is 7.80. The maximum Gasteiger partial charge on any atom is 0.203 e. The second kappa shape index (κ2) is 5.98. The zero-order valence-corrected chi connectivity index (χ0v) is 11.1. The van der Waals surface area contributed by atoms with E-state index in [0.29, 0.717) is 11.7 Å². The van der Waals surface area contributed by atoms with E-state index in [4.69, 9.17) is 14.2 Å². The summed E-state index contributed by atoms with van der Waals surface area (Å²) in [5.41, 5.74) is 1.23. The van der Waals surface area contributed by atoms with Crippen LogP contribution in [0.2, 0.25) is 0 Å². The number of halogens is 1. The molecule has 0 spiro atoms. The number of ether oxygens (including phenoxy) is 3. The van der Waals surface area contributed by atoms with Crippen molar-refractivity contribution in [1.29, 1.82) is 0 Å². The standard InChI is InChI=1S/C12H17NO3.ClH/c1-14-10-4-8(9-6-13-7-9)5-11(15-2)12(10)16-3;/h4-5,9,13H,6-7H2,1-3H3;1H. The molecule has 17 heavy (non-hydrogen) atoms. The molecular formula is C12H18ClNO3. The highest BCUT2D eigenvalue weighted by molar-refractivity contribution is 5.85. The molecule has 0 saturated carbocycles. The minimum atomic E-state index is 0. The van der Waals surface area contributed by atoms with Crippen LogP contribution in [0.25, 0.3) is 0 Å². The summed E-state index contributed by atoms with van der Waals surface area (Å²) < 4.78 is 15.9. The van der Waals surface area contributed by atoms with E-state index in [1.807, 2.05) is 12.1 Å². The van der Waals surface area contributed by atoms with Gasteiger partial charge in [-0.15, -0.1) is 12.4 Å². The smallest absolute Gasteiger partial charge is 0.203 e. The number of nitrogens with one attached hydrogen (secondary N) is 1. The van der Waals surface area contributed by atoms with Gasteiger partial charge in [-0.25, -0.2) is 0 Å². The Hall–Kier alpha value is -1.13. The van der Waals surface area contributed by atoms with Crippen molar-refractivity contribution >= 4 is 12.4 Å². The summed E-state index contributed by atoms with van der Waals surface area (Å²) in [6.07, 6.45) is 0. The van der Waals surface area contributed by atoms with Crippen molar-refractivity contribution in [2.45, 2.75) is 5.92 Å². The van der Waals surface area contributed by atoms with Gasteiger partial charge in [0.05, 0.1) is 21.3 Å². The third kappa shape index (κ3) is 2.58. The lowest BCUT2D eigenvalue weighted by molar-refractivity contribution is 0.322. The van der Waals surface area contributed by atoms with Crippen LogP contribution in [0.1, 0.15) is 11.5 Å². The lowest BCUT2D eigenvalue weighted by atomic mass is 9.93. The van der Waals surface area contributed by atoms with Gasteiger partial charge in [0.15, 0.2) is 11.5 Å². The molecule has 0 aromatic heterocycles. The summed E-state index contributed by atoms with van der Waals surface area (Å²) >= 11 is 0. The third-order valence-corrected chi connectivity index (χ3v) is 2.94. The normalized spacial score (nSPS) is 14.5. The molecule has 1 fully saturated rings. The van der Waals surface area contributed by atoms with Crippen LogP contribution in [0.4, 0.5) is 0 Å². The molecule has 1 aliphatic heterocycles. The fourth-order valence-corrected chi connectivity index (χ4v) is 1.86. The number of rotatable bonds is 4. The highest BCUT2D eigenvalue weighted by atomic mass is 35.5. The Balaban J connectivity index is 0.00000144. The quantitative estimate of drug-likeness (QED) is 0.896. The summed E-state index contributed by atoms with van der Waals surface area (Å²) in [5, 5.41) is 3.25. The molecule has 1 aliphatic rings. The zero-order valence-electron chi connectivity index (χ0n) is 10.3. The van der Waals surface area contributed by atoms with Gasteiger partial charge in [0, 0.05) is 19.0 Å². The number of benzene rings is 1. The van der Waals surface area contributed by atoms with E-state index in [9.17, 15) is 0 Å². The maximum atomic E-state index is 5.31. The topological polar surface area (TPSA) is 39.7 Å².